The molecule has 1 amide bonds. The van der Waals surface area contributed by atoms with Gasteiger partial charge in [-0.3, -0.25) is 4.79 Å². The first-order valence-corrected chi connectivity index (χ1v) is 4.98. The predicted octanol–water partition coefficient (Wildman–Crippen LogP) is 0.664. The van der Waals surface area contributed by atoms with Crippen molar-refractivity contribution in [2.24, 2.45) is 11.8 Å². The van der Waals surface area contributed by atoms with E-state index in [0.717, 1.165) is 6.42 Å². The summed E-state index contributed by atoms with van der Waals surface area (Å²) in [7, 11) is 1.64. The van der Waals surface area contributed by atoms with Crippen molar-refractivity contribution in [3.8, 4) is 0 Å². The van der Waals surface area contributed by atoms with E-state index in [4.69, 9.17) is 0 Å². The molecule has 2 unspecified atom stereocenters. The summed E-state index contributed by atoms with van der Waals surface area (Å²) in [5, 5.41) is 0. The molecule has 14 heavy (non-hydrogen) atoms. The molecular formula is C10H17NO3. The van der Waals surface area contributed by atoms with E-state index in [9.17, 15) is 9.59 Å². The van der Waals surface area contributed by atoms with Gasteiger partial charge in [0.25, 0.3) is 0 Å². The van der Waals surface area contributed by atoms with Crippen LogP contribution in [0.5, 0.6) is 0 Å². The van der Waals surface area contributed by atoms with Gasteiger partial charge in [0.05, 0.1) is 6.61 Å². The third kappa shape index (κ3) is 2.72. The van der Waals surface area contributed by atoms with Crippen LogP contribution >= 0.6 is 0 Å². The van der Waals surface area contributed by atoms with Gasteiger partial charge in [0.1, 0.15) is 0 Å². The number of carbonyl (C=O) groups excluding carboxylic acids is 2. The van der Waals surface area contributed by atoms with E-state index in [1.807, 2.05) is 0 Å². The summed E-state index contributed by atoms with van der Waals surface area (Å²) in [5.41, 5.74) is 0. The Labute approximate surface area is 84.2 Å². The fourth-order valence-corrected chi connectivity index (χ4v) is 1.44. The van der Waals surface area contributed by atoms with Gasteiger partial charge >= 0.3 is 11.9 Å². The Kier molecular flexibility index (Phi) is 3.49. The quantitative estimate of drug-likeness (QED) is 0.495. The molecule has 1 aliphatic carbocycles. The summed E-state index contributed by atoms with van der Waals surface area (Å²) >= 11 is 0. The molecule has 1 saturated carbocycles. The van der Waals surface area contributed by atoms with Crippen LogP contribution < -0.4 is 0 Å². The summed E-state index contributed by atoms with van der Waals surface area (Å²) < 4.78 is 4.62. The highest BCUT2D eigenvalue weighted by Crippen LogP contribution is 2.37. The van der Waals surface area contributed by atoms with Crippen LogP contribution in [0.3, 0.4) is 0 Å². The third-order valence-electron chi connectivity index (χ3n) is 2.58. The largest absolute Gasteiger partial charge is 0.459 e. The van der Waals surface area contributed by atoms with E-state index < -0.39 is 11.9 Å². The van der Waals surface area contributed by atoms with Gasteiger partial charge in [0.2, 0.25) is 0 Å². The Morgan fingerprint density at radius 2 is 2.07 bits per heavy atom. The number of carbonyl (C=O) groups is 2. The van der Waals surface area contributed by atoms with E-state index in [1.165, 1.54) is 4.90 Å². The standard InChI is InChI=1S/C10H17NO3/c1-4-14-10(13)9(12)11(3)6-8-5-7(8)2/h7-8H,4-6H2,1-3H3. The van der Waals surface area contributed by atoms with Crippen LogP contribution in [-0.2, 0) is 14.3 Å². The lowest BCUT2D eigenvalue weighted by Crippen LogP contribution is -2.36. The smallest absolute Gasteiger partial charge is 0.396 e. The Balaban J connectivity index is 2.32. The summed E-state index contributed by atoms with van der Waals surface area (Å²) in [6.07, 6.45) is 1.15. The highest BCUT2D eigenvalue weighted by molar-refractivity contribution is 6.32. The van der Waals surface area contributed by atoms with E-state index >= 15 is 0 Å². The molecule has 0 aromatic rings. The lowest BCUT2D eigenvalue weighted by atomic mass is 10.3. The van der Waals surface area contributed by atoms with Crippen LogP contribution in [-0.4, -0.2) is 37.0 Å². The zero-order valence-electron chi connectivity index (χ0n) is 8.95. The molecule has 0 aromatic carbocycles. The second kappa shape index (κ2) is 4.44. The minimum Gasteiger partial charge on any atom is -0.459 e. The van der Waals surface area contributed by atoms with Crippen molar-refractivity contribution >= 4 is 11.9 Å². The second-order valence-corrected chi connectivity index (χ2v) is 3.88. The summed E-state index contributed by atoms with van der Waals surface area (Å²) in [6, 6.07) is 0. The molecule has 0 bridgehead atoms. The number of hydrogen-bond acceptors (Lipinski definition) is 3. The molecule has 1 fully saturated rings. The van der Waals surface area contributed by atoms with Crippen molar-refractivity contribution in [3.63, 3.8) is 0 Å². The summed E-state index contributed by atoms with van der Waals surface area (Å²) in [5.74, 6) is -0.0277. The molecule has 0 N–H and O–H groups in total. The van der Waals surface area contributed by atoms with Gasteiger partial charge in [0.15, 0.2) is 0 Å². The van der Waals surface area contributed by atoms with Gasteiger partial charge in [-0.15, -0.1) is 0 Å². The monoisotopic (exact) mass is 199 g/mol. The molecule has 0 spiro atoms. The van der Waals surface area contributed by atoms with Crippen LogP contribution in [0.25, 0.3) is 0 Å². The van der Waals surface area contributed by atoms with Crippen LogP contribution in [0.4, 0.5) is 0 Å². The average molecular weight is 199 g/mol. The molecule has 0 saturated heterocycles. The van der Waals surface area contributed by atoms with E-state index in [-0.39, 0.29) is 6.61 Å². The molecule has 0 aliphatic heterocycles. The van der Waals surface area contributed by atoms with E-state index in [1.54, 1.807) is 14.0 Å². The van der Waals surface area contributed by atoms with Gasteiger partial charge in [0, 0.05) is 13.6 Å². The minimum absolute atomic E-state index is 0.248. The van der Waals surface area contributed by atoms with Crippen molar-refractivity contribution in [1.29, 1.82) is 0 Å². The van der Waals surface area contributed by atoms with Gasteiger partial charge in [-0.05, 0) is 25.2 Å². The van der Waals surface area contributed by atoms with Crippen molar-refractivity contribution < 1.29 is 14.3 Å². The van der Waals surface area contributed by atoms with Crippen molar-refractivity contribution in [1.82, 2.24) is 4.90 Å². The highest BCUT2D eigenvalue weighted by atomic mass is 16.5. The fraction of sp³-hybridized carbons (Fsp3) is 0.800. The number of hydrogen-bond donors (Lipinski definition) is 0. The topological polar surface area (TPSA) is 46.6 Å². The third-order valence-corrected chi connectivity index (χ3v) is 2.58. The SMILES string of the molecule is CCOC(=O)C(=O)N(C)CC1CC1C. The van der Waals surface area contributed by atoms with Gasteiger partial charge in [-0.25, -0.2) is 4.79 Å². The maximum atomic E-state index is 11.4. The van der Waals surface area contributed by atoms with Crippen LogP contribution in [0.2, 0.25) is 0 Å². The molecule has 4 nitrogen and oxygen atoms in total. The molecule has 1 aliphatic rings. The first-order valence-electron chi connectivity index (χ1n) is 4.98. The van der Waals surface area contributed by atoms with E-state index in [0.29, 0.717) is 18.4 Å². The fourth-order valence-electron chi connectivity index (χ4n) is 1.44. The predicted molar refractivity (Wildman–Crippen MR) is 51.5 cm³/mol. The zero-order chi connectivity index (χ0) is 10.7. The highest BCUT2D eigenvalue weighted by Gasteiger charge is 2.35. The Morgan fingerprint density at radius 1 is 1.50 bits per heavy atom. The zero-order valence-corrected chi connectivity index (χ0v) is 8.95. The lowest BCUT2D eigenvalue weighted by molar-refractivity contribution is -0.159. The molecule has 2 atom stereocenters. The normalized spacial score (nSPS) is 24.2. The molecule has 4 heteroatoms. The molecule has 1 rings (SSSR count). The summed E-state index contributed by atoms with van der Waals surface area (Å²) in [6.45, 7) is 4.75. The molecule has 0 aromatic heterocycles. The second-order valence-electron chi connectivity index (χ2n) is 3.88. The maximum absolute atomic E-state index is 11.4. The molecule has 80 valence electrons. The molecular weight excluding hydrogens is 182 g/mol. The van der Waals surface area contributed by atoms with Gasteiger partial charge < -0.3 is 9.64 Å². The molecule has 0 heterocycles. The van der Waals surface area contributed by atoms with E-state index in [2.05, 4.69) is 11.7 Å². The number of amides is 1. The first kappa shape index (κ1) is 11.0. The van der Waals surface area contributed by atoms with Crippen LogP contribution in [0.1, 0.15) is 20.3 Å². The van der Waals surface area contributed by atoms with Gasteiger partial charge in [-0.2, -0.15) is 0 Å². The lowest BCUT2D eigenvalue weighted by Gasteiger charge is -2.15. The first-order chi connectivity index (χ1) is 6.56. The number of esters is 1. The number of nitrogens with zero attached hydrogens (tertiary/aromatic N) is 1. The van der Waals surface area contributed by atoms with Crippen molar-refractivity contribution in [3.05, 3.63) is 0 Å². The minimum atomic E-state index is -0.747. The maximum Gasteiger partial charge on any atom is 0.396 e. The van der Waals surface area contributed by atoms with Crippen molar-refractivity contribution in [2.45, 2.75) is 20.3 Å². The Hall–Kier alpha value is -1.06. The number of rotatable bonds is 3. The van der Waals surface area contributed by atoms with Crippen molar-refractivity contribution in [2.75, 3.05) is 20.2 Å². The average Bonchev–Trinajstić information content (AvgIpc) is 2.80. The molecule has 0 radical (unpaired) electrons. The van der Waals surface area contributed by atoms with Gasteiger partial charge in [-0.1, -0.05) is 6.92 Å². The summed E-state index contributed by atoms with van der Waals surface area (Å²) in [4.78, 5) is 23.9. The Bertz CT molecular complexity index is 240. The van der Waals surface area contributed by atoms with Crippen LogP contribution in [0.15, 0.2) is 0 Å². The van der Waals surface area contributed by atoms with Crippen LogP contribution in [0, 0.1) is 11.8 Å². The Morgan fingerprint density at radius 3 is 2.50 bits per heavy atom. The number of ether oxygens (including phenoxy) is 1. The number of likely N-dealkylation sites (N-methyl/N-ethyl adjacent to an activating group) is 1.